The summed E-state index contributed by atoms with van der Waals surface area (Å²) < 4.78 is 18.2. The van der Waals surface area contributed by atoms with Crippen LogP contribution in [-0.2, 0) is 9.53 Å². The van der Waals surface area contributed by atoms with Crippen LogP contribution in [0.3, 0.4) is 0 Å². The van der Waals surface area contributed by atoms with Crippen molar-refractivity contribution in [3.05, 3.63) is 70.5 Å². The minimum atomic E-state index is -0.510. The fourth-order valence-corrected chi connectivity index (χ4v) is 2.05. The van der Waals surface area contributed by atoms with Crippen molar-refractivity contribution in [1.29, 1.82) is 0 Å². The van der Waals surface area contributed by atoms with Crippen molar-refractivity contribution in [2.75, 3.05) is 12.4 Å². The summed E-state index contributed by atoms with van der Waals surface area (Å²) >= 11 is 5.87. The summed E-state index contributed by atoms with van der Waals surface area (Å²) in [5.41, 5.74) is 1.01. The van der Waals surface area contributed by atoms with Gasteiger partial charge in [-0.25, -0.2) is 9.18 Å². The highest BCUT2D eigenvalue weighted by molar-refractivity contribution is 6.32. The average Bonchev–Trinajstić information content (AvgIpc) is 2.54. The molecule has 0 radical (unpaired) electrons. The van der Waals surface area contributed by atoms with Gasteiger partial charge < -0.3 is 10.1 Å². The van der Waals surface area contributed by atoms with Crippen LogP contribution < -0.4 is 5.32 Å². The Morgan fingerprint density at radius 3 is 2.48 bits per heavy atom. The fourth-order valence-electron chi connectivity index (χ4n) is 1.82. The second-order valence-electron chi connectivity index (χ2n) is 4.53. The largest absolute Gasteiger partial charge is 0.465 e. The van der Waals surface area contributed by atoms with E-state index in [-0.39, 0.29) is 10.6 Å². The van der Waals surface area contributed by atoms with Gasteiger partial charge in [0.15, 0.2) is 0 Å². The third-order valence-corrected chi connectivity index (χ3v) is 3.30. The van der Waals surface area contributed by atoms with Crippen molar-refractivity contribution in [3.63, 3.8) is 0 Å². The van der Waals surface area contributed by atoms with E-state index in [1.807, 2.05) is 0 Å². The molecule has 1 amide bonds. The molecule has 0 atom stereocenters. The molecule has 0 unspecified atom stereocenters. The minimum absolute atomic E-state index is 0.144. The molecule has 0 bridgehead atoms. The molecule has 2 aromatic rings. The summed E-state index contributed by atoms with van der Waals surface area (Å²) in [5.74, 6) is -1.42. The zero-order valence-electron chi connectivity index (χ0n) is 12.2. The van der Waals surface area contributed by atoms with Gasteiger partial charge in [0, 0.05) is 17.3 Å². The quantitative estimate of drug-likeness (QED) is 0.681. The van der Waals surface area contributed by atoms with Crippen molar-refractivity contribution in [1.82, 2.24) is 0 Å². The minimum Gasteiger partial charge on any atom is -0.465 e. The Bertz CT molecular complexity index is 737. The maximum Gasteiger partial charge on any atom is 0.337 e. The van der Waals surface area contributed by atoms with Crippen LogP contribution in [0.5, 0.6) is 0 Å². The Hall–Kier alpha value is -2.66. The molecule has 0 fully saturated rings. The van der Waals surface area contributed by atoms with Crippen LogP contribution in [0.2, 0.25) is 5.02 Å². The van der Waals surface area contributed by atoms with Crippen molar-refractivity contribution >= 4 is 35.2 Å². The number of hydrogen-bond donors (Lipinski definition) is 1. The third-order valence-electron chi connectivity index (χ3n) is 2.97. The Kier molecular flexibility index (Phi) is 5.49. The van der Waals surface area contributed by atoms with Crippen LogP contribution in [0.25, 0.3) is 6.08 Å². The number of esters is 1. The molecule has 0 saturated heterocycles. The molecular formula is C17H13ClFNO3. The first-order valence-corrected chi connectivity index (χ1v) is 7.00. The average molecular weight is 334 g/mol. The lowest BCUT2D eigenvalue weighted by atomic mass is 10.2. The number of carbonyl (C=O) groups is 2. The highest BCUT2D eigenvalue weighted by atomic mass is 35.5. The standard InChI is InChI=1S/C17H13ClFNO3/c1-23-17(22)11-5-7-12(8-6-11)20-16(21)10-9-13-14(18)3-2-4-15(13)19/h2-10H,1H3,(H,20,21). The monoisotopic (exact) mass is 333 g/mol. The Morgan fingerprint density at radius 1 is 1.17 bits per heavy atom. The first-order chi connectivity index (χ1) is 11.0. The summed E-state index contributed by atoms with van der Waals surface area (Å²) in [6.07, 6.45) is 2.48. The third kappa shape index (κ3) is 4.40. The molecule has 0 aromatic heterocycles. The van der Waals surface area contributed by atoms with Gasteiger partial charge in [0.25, 0.3) is 0 Å². The van der Waals surface area contributed by atoms with Gasteiger partial charge in [-0.3, -0.25) is 4.79 Å². The van der Waals surface area contributed by atoms with Gasteiger partial charge in [0.1, 0.15) is 5.82 Å². The summed E-state index contributed by atoms with van der Waals surface area (Å²) in [4.78, 5) is 23.1. The Morgan fingerprint density at radius 2 is 1.87 bits per heavy atom. The zero-order valence-corrected chi connectivity index (χ0v) is 12.9. The van der Waals surface area contributed by atoms with Crippen molar-refractivity contribution in [3.8, 4) is 0 Å². The number of hydrogen-bond acceptors (Lipinski definition) is 3. The number of halogens is 2. The molecule has 4 nitrogen and oxygen atoms in total. The second-order valence-corrected chi connectivity index (χ2v) is 4.93. The van der Waals surface area contributed by atoms with E-state index in [0.717, 1.165) is 0 Å². The predicted octanol–water partition coefficient (Wildman–Crippen LogP) is 3.92. The number of benzene rings is 2. The van der Waals surface area contributed by atoms with Crippen LogP contribution in [0, 0.1) is 5.82 Å². The molecule has 2 aromatic carbocycles. The highest BCUT2D eigenvalue weighted by Crippen LogP contribution is 2.20. The van der Waals surface area contributed by atoms with Crippen LogP contribution >= 0.6 is 11.6 Å². The van der Waals surface area contributed by atoms with Crippen molar-refractivity contribution in [2.24, 2.45) is 0 Å². The highest BCUT2D eigenvalue weighted by Gasteiger charge is 2.06. The SMILES string of the molecule is COC(=O)c1ccc(NC(=O)C=Cc2c(F)cccc2Cl)cc1. The van der Waals surface area contributed by atoms with Gasteiger partial charge in [-0.1, -0.05) is 17.7 Å². The van der Waals surface area contributed by atoms with Crippen LogP contribution in [-0.4, -0.2) is 19.0 Å². The van der Waals surface area contributed by atoms with Gasteiger partial charge in [0.2, 0.25) is 5.91 Å². The van der Waals surface area contributed by atoms with Gasteiger partial charge in [-0.05, 0) is 42.5 Å². The van der Waals surface area contributed by atoms with Crippen LogP contribution in [0.15, 0.2) is 48.5 Å². The molecule has 0 heterocycles. The number of nitrogens with one attached hydrogen (secondary N) is 1. The smallest absolute Gasteiger partial charge is 0.337 e. The normalized spacial score (nSPS) is 10.6. The lowest BCUT2D eigenvalue weighted by Crippen LogP contribution is -2.08. The van der Waals surface area contributed by atoms with Crippen molar-refractivity contribution in [2.45, 2.75) is 0 Å². The van der Waals surface area contributed by atoms with Crippen LogP contribution in [0.4, 0.5) is 10.1 Å². The number of ether oxygens (including phenoxy) is 1. The molecule has 0 spiro atoms. The lowest BCUT2D eigenvalue weighted by Gasteiger charge is -2.04. The van der Waals surface area contributed by atoms with E-state index in [0.29, 0.717) is 11.3 Å². The molecule has 1 N–H and O–H groups in total. The van der Waals surface area contributed by atoms with E-state index >= 15 is 0 Å². The lowest BCUT2D eigenvalue weighted by molar-refractivity contribution is -0.111. The topological polar surface area (TPSA) is 55.4 Å². The van der Waals surface area contributed by atoms with Gasteiger partial charge in [-0.15, -0.1) is 0 Å². The van der Waals surface area contributed by atoms with Gasteiger partial charge in [-0.2, -0.15) is 0 Å². The molecule has 118 valence electrons. The predicted molar refractivity (Wildman–Crippen MR) is 86.9 cm³/mol. The molecule has 0 aliphatic heterocycles. The van der Waals surface area contributed by atoms with E-state index in [9.17, 15) is 14.0 Å². The van der Waals surface area contributed by atoms with Crippen LogP contribution in [0.1, 0.15) is 15.9 Å². The number of methoxy groups -OCH3 is 1. The molecule has 23 heavy (non-hydrogen) atoms. The first-order valence-electron chi connectivity index (χ1n) is 6.62. The van der Waals surface area contributed by atoms with E-state index in [4.69, 9.17) is 11.6 Å². The summed E-state index contributed by atoms with van der Waals surface area (Å²) in [5, 5.41) is 2.81. The zero-order chi connectivity index (χ0) is 16.8. The summed E-state index contributed by atoms with van der Waals surface area (Å²) in [6, 6.07) is 10.5. The summed E-state index contributed by atoms with van der Waals surface area (Å²) in [7, 11) is 1.29. The van der Waals surface area contributed by atoms with E-state index in [1.165, 1.54) is 49.6 Å². The Balaban J connectivity index is 2.05. The molecule has 2 rings (SSSR count). The van der Waals surface area contributed by atoms with E-state index in [2.05, 4.69) is 10.1 Å². The second kappa shape index (κ2) is 7.56. The maximum atomic E-state index is 13.6. The first kappa shape index (κ1) is 16.7. The maximum absolute atomic E-state index is 13.6. The Labute approximate surface area is 137 Å². The number of amides is 1. The number of rotatable bonds is 4. The van der Waals surface area contributed by atoms with E-state index in [1.54, 1.807) is 12.1 Å². The van der Waals surface area contributed by atoms with E-state index < -0.39 is 17.7 Å². The van der Waals surface area contributed by atoms with Gasteiger partial charge in [0.05, 0.1) is 17.7 Å². The molecule has 0 aliphatic rings. The van der Waals surface area contributed by atoms with Gasteiger partial charge >= 0.3 is 5.97 Å². The fraction of sp³-hybridized carbons (Fsp3) is 0.0588. The molecule has 6 heteroatoms. The summed E-state index contributed by atoms with van der Waals surface area (Å²) in [6.45, 7) is 0. The molecular weight excluding hydrogens is 321 g/mol. The number of anilines is 1. The molecule has 0 saturated carbocycles. The number of carbonyl (C=O) groups excluding carboxylic acids is 2. The molecule has 0 aliphatic carbocycles. The van der Waals surface area contributed by atoms with Crippen molar-refractivity contribution < 1.29 is 18.7 Å².